The molecule has 0 aliphatic heterocycles. The predicted octanol–water partition coefficient (Wildman–Crippen LogP) is 7.19. The highest BCUT2D eigenvalue weighted by atomic mass is 35.5. The lowest BCUT2D eigenvalue weighted by Gasteiger charge is -2.28. The Balaban J connectivity index is 1.93. The van der Waals surface area contributed by atoms with Gasteiger partial charge in [-0.15, -0.1) is 0 Å². The molecule has 5 aromatic rings. The van der Waals surface area contributed by atoms with Crippen molar-refractivity contribution in [3.8, 4) is 22.4 Å². The van der Waals surface area contributed by atoms with Crippen LogP contribution in [0.15, 0.2) is 109 Å². The maximum Gasteiger partial charge on any atom is 0.232 e. The summed E-state index contributed by atoms with van der Waals surface area (Å²) in [6.45, 7) is 0.180. The molecule has 4 aromatic carbocycles. The third-order valence-electron chi connectivity index (χ3n) is 5.85. The standard InChI is InChI=1S/C29H23ClN2O2S/c1-35(33,34)32(20-21-11-5-2-6-12-21)29-25-19-24(30)17-18-26(25)31-28(23-15-9-4-10-16-23)27(29)22-13-7-3-8-14-22/h2-19H,20H2,1H3. The van der Waals surface area contributed by atoms with E-state index in [0.717, 1.165) is 22.3 Å². The summed E-state index contributed by atoms with van der Waals surface area (Å²) in [7, 11) is -3.69. The van der Waals surface area contributed by atoms with Gasteiger partial charge < -0.3 is 0 Å². The van der Waals surface area contributed by atoms with Crippen molar-refractivity contribution in [1.29, 1.82) is 0 Å². The van der Waals surface area contributed by atoms with Crippen LogP contribution in [0.2, 0.25) is 5.02 Å². The van der Waals surface area contributed by atoms with Gasteiger partial charge >= 0.3 is 0 Å². The van der Waals surface area contributed by atoms with Crippen LogP contribution in [0.1, 0.15) is 5.56 Å². The van der Waals surface area contributed by atoms with E-state index in [1.165, 1.54) is 10.6 Å². The van der Waals surface area contributed by atoms with E-state index in [0.29, 0.717) is 27.3 Å². The van der Waals surface area contributed by atoms with Crippen molar-refractivity contribution < 1.29 is 8.42 Å². The monoisotopic (exact) mass is 498 g/mol. The van der Waals surface area contributed by atoms with Crippen LogP contribution in [0, 0.1) is 0 Å². The van der Waals surface area contributed by atoms with E-state index in [9.17, 15) is 8.42 Å². The van der Waals surface area contributed by atoms with E-state index in [-0.39, 0.29) is 6.54 Å². The first-order valence-electron chi connectivity index (χ1n) is 11.2. The molecule has 0 fully saturated rings. The fourth-order valence-corrected chi connectivity index (χ4v) is 5.35. The van der Waals surface area contributed by atoms with Crippen LogP contribution in [0.5, 0.6) is 0 Å². The molecule has 0 N–H and O–H groups in total. The number of benzene rings is 4. The molecule has 0 amide bonds. The van der Waals surface area contributed by atoms with Gasteiger partial charge in [-0.05, 0) is 29.3 Å². The Bertz CT molecular complexity index is 1590. The summed E-state index contributed by atoms with van der Waals surface area (Å²) in [5.41, 5.74) is 5.34. The second-order valence-electron chi connectivity index (χ2n) is 8.33. The molecule has 6 heteroatoms. The van der Waals surface area contributed by atoms with Gasteiger partial charge in [-0.1, -0.05) is 103 Å². The minimum Gasteiger partial charge on any atom is -0.265 e. The Morgan fingerprint density at radius 1 is 0.771 bits per heavy atom. The molecule has 0 spiro atoms. The smallest absolute Gasteiger partial charge is 0.232 e. The predicted molar refractivity (Wildman–Crippen MR) is 145 cm³/mol. The van der Waals surface area contributed by atoms with Crippen molar-refractivity contribution in [2.75, 3.05) is 10.6 Å². The molecule has 0 bridgehead atoms. The summed E-state index contributed by atoms with van der Waals surface area (Å²) in [5.74, 6) is 0. The number of nitrogens with zero attached hydrogens (tertiary/aromatic N) is 2. The Labute approximate surface area is 210 Å². The normalized spacial score (nSPS) is 11.5. The lowest BCUT2D eigenvalue weighted by molar-refractivity contribution is 0.596. The quantitative estimate of drug-likeness (QED) is 0.249. The fraction of sp³-hybridized carbons (Fsp3) is 0.0690. The summed E-state index contributed by atoms with van der Waals surface area (Å²) in [4.78, 5) is 5.01. The molecular weight excluding hydrogens is 476 g/mol. The third kappa shape index (κ3) is 4.78. The SMILES string of the molecule is CS(=O)(=O)N(Cc1ccccc1)c1c(-c2ccccc2)c(-c2ccccc2)nc2ccc(Cl)cc12. The molecule has 0 aliphatic rings. The van der Waals surface area contributed by atoms with Gasteiger partial charge in [-0.25, -0.2) is 13.4 Å². The average molecular weight is 499 g/mol. The minimum absolute atomic E-state index is 0.180. The van der Waals surface area contributed by atoms with Gasteiger partial charge in [0, 0.05) is 21.5 Å². The van der Waals surface area contributed by atoms with Gasteiger partial charge in [0.2, 0.25) is 10.0 Å². The van der Waals surface area contributed by atoms with Gasteiger partial charge in [0.1, 0.15) is 0 Å². The van der Waals surface area contributed by atoms with Crippen LogP contribution < -0.4 is 4.31 Å². The number of hydrogen-bond donors (Lipinski definition) is 0. The first-order valence-corrected chi connectivity index (χ1v) is 13.4. The summed E-state index contributed by atoms with van der Waals surface area (Å²) < 4.78 is 28.2. The molecule has 0 radical (unpaired) electrons. The first kappa shape index (κ1) is 23.1. The van der Waals surface area contributed by atoms with Crippen molar-refractivity contribution in [2.24, 2.45) is 0 Å². The number of fused-ring (bicyclic) bond motifs is 1. The number of rotatable bonds is 6. The van der Waals surface area contributed by atoms with Crippen molar-refractivity contribution in [1.82, 2.24) is 4.98 Å². The van der Waals surface area contributed by atoms with E-state index < -0.39 is 10.0 Å². The first-order chi connectivity index (χ1) is 16.9. The zero-order chi connectivity index (χ0) is 24.4. The number of anilines is 1. The molecule has 4 nitrogen and oxygen atoms in total. The van der Waals surface area contributed by atoms with Crippen LogP contribution in [0.25, 0.3) is 33.3 Å². The van der Waals surface area contributed by atoms with Crippen LogP contribution in [0.3, 0.4) is 0 Å². The molecule has 1 aromatic heterocycles. The second kappa shape index (κ2) is 9.53. The highest BCUT2D eigenvalue weighted by Crippen LogP contribution is 2.44. The molecule has 1 heterocycles. The molecule has 35 heavy (non-hydrogen) atoms. The summed E-state index contributed by atoms with van der Waals surface area (Å²) in [6, 6.07) is 34.6. The van der Waals surface area contributed by atoms with E-state index in [1.54, 1.807) is 12.1 Å². The van der Waals surface area contributed by atoms with Crippen molar-refractivity contribution >= 4 is 38.2 Å². The van der Waals surface area contributed by atoms with Crippen molar-refractivity contribution in [3.05, 3.63) is 120 Å². The topological polar surface area (TPSA) is 50.3 Å². The zero-order valence-electron chi connectivity index (χ0n) is 19.1. The molecule has 0 saturated carbocycles. The highest BCUT2D eigenvalue weighted by molar-refractivity contribution is 7.92. The van der Waals surface area contributed by atoms with Crippen LogP contribution in [-0.4, -0.2) is 19.7 Å². The van der Waals surface area contributed by atoms with Crippen LogP contribution in [-0.2, 0) is 16.6 Å². The lowest BCUT2D eigenvalue weighted by Crippen LogP contribution is -2.30. The third-order valence-corrected chi connectivity index (χ3v) is 7.20. The van der Waals surface area contributed by atoms with Crippen molar-refractivity contribution in [2.45, 2.75) is 6.54 Å². The van der Waals surface area contributed by atoms with E-state index in [1.807, 2.05) is 97.1 Å². The van der Waals surface area contributed by atoms with Gasteiger partial charge in [-0.2, -0.15) is 0 Å². The molecular formula is C29H23ClN2O2S. The summed E-state index contributed by atoms with van der Waals surface area (Å²) >= 11 is 6.43. The van der Waals surface area contributed by atoms with Crippen LogP contribution in [0.4, 0.5) is 5.69 Å². The summed E-state index contributed by atoms with van der Waals surface area (Å²) in [6.07, 6.45) is 1.24. The van der Waals surface area contributed by atoms with Gasteiger partial charge in [0.15, 0.2) is 0 Å². The zero-order valence-corrected chi connectivity index (χ0v) is 20.7. The highest BCUT2D eigenvalue weighted by Gasteiger charge is 2.27. The maximum atomic E-state index is 13.4. The Kier molecular flexibility index (Phi) is 6.29. The average Bonchev–Trinajstić information content (AvgIpc) is 2.87. The molecule has 0 unspecified atom stereocenters. The van der Waals surface area contributed by atoms with E-state index in [4.69, 9.17) is 16.6 Å². The fourth-order valence-electron chi connectivity index (χ4n) is 4.27. The molecule has 0 aliphatic carbocycles. The lowest BCUT2D eigenvalue weighted by atomic mass is 9.95. The summed E-state index contributed by atoms with van der Waals surface area (Å²) in [5, 5.41) is 1.19. The molecule has 0 atom stereocenters. The second-order valence-corrected chi connectivity index (χ2v) is 10.7. The Hall–Kier alpha value is -3.67. The molecule has 174 valence electrons. The number of hydrogen-bond acceptors (Lipinski definition) is 3. The molecule has 0 saturated heterocycles. The maximum absolute atomic E-state index is 13.4. The van der Waals surface area contributed by atoms with Crippen LogP contribution >= 0.6 is 11.6 Å². The minimum atomic E-state index is -3.69. The number of aromatic nitrogens is 1. The molecule has 5 rings (SSSR count). The van der Waals surface area contributed by atoms with Gasteiger partial charge in [0.25, 0.3) is 0 Å². The van der Waals surface area contributed by atoms with Gasteiger partial charge in [-0.3, -0.25) is 4.31 Å². The van der Waals surface area contributed by atoms with Crippen molar-refractivity contribution in [3.63, 3.8) is 0 Å². The number of halogens is 1. The number of pyridine rings is 1. The largest absolute Gasteiger partial charge is 0.265 e. The van der Waals surface area contributed by atoms with E-state index >= 15 is 0 Å². The Morgan fingerprint density at radius 2 is 1.34 bits per heavy atom. The number of sulfonamides is 1. The van der Waals surface area contributed by atoms with E-state index in [2.05, 4.69) is 0 Å². The van der Waals surface area contributed by atoms with Gasteiger partial charge in [0.05, 0.1) is 29.7 Å². The Morgan fingerprint density at radius 3 is 1.94 bits per heavy atom.